The van der Waals surface area contributed by atoms with Gasteiger partial charge in [-0.2, -0.15) is 31.1 Å². The Hall–Kier alpha value is -4.10. The van der Waals surface area contributed by atoms with Crippen LogP contribution in [0, 0.1) is 5.92 Å². The molecule has 230 valence electrons. The van der Waals surface area contributed by atoms with Gasteiger partial charge in [-0.25, -0.2) is 4.98 Å². The minimum atomic E-state index is -4.97. The number of tetrazole rings is 1. The summed E-state index contributed by atoms with van der Waals surface area (Å²) in [6, 6.07) is 7.14. The Morgan fingerprint density at radius 2 is 1.56 bits per heavy atom. The van der Waals surface area contributed by atoms with E-state index in [4.69, 9.17) is 4.98 Å². The number of aryl methyl sites for hydroxylation is 1. The number of rotatable bonds is 10. The molecule has 1 aliphatic carbocycles. The summed E-state index contributed by atoms with van der Waals surface area (Å²) in [7, 11) is 1.53. The summed E-state index contributed by atoms with van der Waals surface area (Å²) >= 11 is 0. The van der Waals surface area contributed by atoms with Crippen LogP contribution in [0.25, 0.3) is 5.69 Å². The average Bonchev–Trinajstić information content (AvgIpc) is 3.74. The van der Waals surface area contributed by atoms with Crippen molar-refractivity contribution in [3.05, 3.63) is 77.2 Å². The molecule has 3 heterocycles. The van der Waals surface area contributed by atoms with Crippen molar-refractivity contribution in [3.63, 3.8) is 0 Å². The molecule has 0 amide bonds. The second kappa shape index (κ2) is 12.3. The minimum Gasteiger partial charge on any atom is -0.356 e. The van der Waals surface area contributed by atoms with E-state index in [0.717, 1.165) is 42.8 Å². The molecule has 0 unspecified atom stereocenters. The highest BCUT2D eigenvalue weighted by molar-refractivity contribution is 5.59. The fraction of sp³-hybridized carbons (Fsp3) is 0.448. The van der Waals surface area contributed by atoms with E-state index >= 15 is 0 Å². The average molecular weight is 607 g/mol. The van der Waals surface area contributed by atoms with Gasteiger partial charge in [0.1, 0.15) is 5.82 Å². The molecule has 1 saturated carbocycles. The second-order valence-corrected chi connectivity index (χ2v) is 10.8. The number of benzene rings is 1. The van der Waals surface area contributed by atoms with Crippen LogP contribution in [0.15, 0.2) is 55.0 Å². The molecular weight excluding hydrogens is 574 g/mol. The van der Waals surface area contributed by atoms with E-state index < -0.39 is 23.5 Å². The summed E-state index contributed by atoms with van der Waals surface area (Å²) < 4.78 is 83.9. The summed E-state index contributed by atoms with van der Waals surface area (Å²) in [6.45, 7) is 3.19. The maximum absolute atomic E-state index is 13.7. The highest BCUT2D eigenvalue weighted by Gasteiger charge is 2.37. The lowest BCUT2D eigenvalue weighted by molar-refractivity contribution is -0.143. The number of nitrogens with zero attached hydrogens (tertiary/aromatic N) is 8. The van der Waals surface area contributed by atoms with E-state index in [2.05, 4.69) is 20.3 Å². The predicted octanol–water partition coefficient (Wildman–Crippen LogP) is 6.66. The maximum atomic E-state index is 13.7. The Morgan fingerprint density at radius 1 is 0.907 bits per heavy atom. The molecule has 14 heteroatoms. The van der Waals surface area contributed by atoms with Crippen LogP contribution in [0.3, 0.4) is 0 Å². The first-order chi connectivity index (χ1) is 20.4. The smallest absolute Gasteiger partial charge is 0.356 e. The van der Waals surface area contributed by atoms with E-state index in [0.29, 0.717) is 18.3 Å². The molecule has 1 fully saturated rings. The summed E-state index contributed by atoms with van der Waals surface area (Å²) in [5, 5.41) is 12.2. The monoisotopic (exact) mass is 606 g/mol. The first-order valence-corrected chi connectivity index (χ1v) is 14.1. The molecule has 8 nitrogen and oxygen atoms in total. The Morgan fingerprint density at radius 3 is 2.12 bits per heavy atom. The molecule has 0 radical (unpaired) electrons. The zero-order chi connectivity index (χ0) is 30.8. The van der Waals surface area contributed by atoms with E-state index in [9.17, 15) is 26.3 Å². The van der Waals surface area contributed by atoms with Gasteiger partial charge < -0.3 is 14.4 Å². The van der Waals surface area contributed by atoms with Crippen LogP contribution < -0.4 is 9.80 Å². The van der Waals surface area contributed by atoms with Gasteiger partial charge in [0, 0.05) is 43.8 Å². The van der Waals surface area contributed by atoms with E-state index in [1.165, 1.54) is 29.6 Å². The number of pyridine rings is 1. The van der Waals surface area contributed by atoms with Crippen LogP contribution in [0.2, 0.25) is 0 Å². The Kier molecular flexibility index (Phi) is 8.65. The van der Waals surface area contributed by atoms with Gasteiger partial charge in [0.15, 0.2) is 0 Å². The van der Waals surface area contributed by atoms with Gasteiger partial charge in [0.05, 0.1) is 30.4 Å². The van der Waals surface area contributed by atoms with Gasteiger partial charge in [-0.1, -0.05) is 17.9 Å². The summed E-state index contributed by atoms with van der Waals surface area (Å²) in [5.41, 5.74) is -1.45. The van der Waals surface area contributed by atoms with Crippen molar-refractivity contribution in [2.75, 3.05) is 22.9 Å². The van der Waals surface area contributed by atoms with Gasteiger partial charge in [-0.3, -0.25) is 0 Å². The first kappa shape index (κ1) is 30.4. The Bertz CT molecular complexity index is 1470. The molecule has 5 rings (SSSR count). The topological polar surface area (TPSA) is 67.9 Å². The standard InChI is InChI=1S/C29H32F6N8/c1-3-41(17-20-8-4-5-9-20)26-24(25(10-11-36-26)42-12-6-7-13-42)19-43(27-37-39-40(2)38-27)18-21-14-22(28(30,31)32)16-23(15-21)29(33,34)35/h6-7,10-16,20H,3-5,8-9,17-19H2,1-2H3. The van der Waals surface area contributed by atoms with Crippen molar-refractivity contribution in [2.24, 2.45) is 13.0 Å². The fourth-order valence-corrected chi connectivity index (χ4v) is 5.62. The van der Waals surface area contributed by atoms with Crippen LogP contribution in [0.4, 0.5) is 38.1 Å². The highest BCUT2D eigenvalue weighted by atomic mass is 19.4. The van der Waals surface area contributed by atoms with E-state index in [1.54, 1.807) is 6.20 Å². The molecule has 0 bridgehead atoms. The van der Waals surface area contributed by atoms with Crippen LogP contribution in [0.1, 0.15) is 54.9 Å². The van der Waals surface area contributed by atoms with Crippen molar-refractivity contribution in [2.45, 2.75) is 58.0 Å². The molecule has 0 saturated heterocycles. The van der Waals surface area contributed by atoms with Crippen LogP contribution in [-0.2, 0) is 32.5 Å². The van der Waals surface area contributed by atoms with Gasteiger partial charge in [0.2, 0.25) is 0 Å². The lowest BCUT2D eigenvalue weighted by Gasteiger charge is -2.30. The molecular formula is C29H32F6N8. The van der Waals surface area contributed by atoms with Gasteiger partial charge in [0.25, 0.3) is 5.95 Å². The summed E-state index contributed by atoms with van der Waals surface area (Å²) in [5.74, 6) is 1.25. The normalized spacial score (nSPS) is 14.4. The zero-order valence-corrected chi connectivity index (χ0v) is 23.8. The third-order valence-corrected chi connectivity index (χ3v) is 7.68. The SMILES string of the molecule is CCN(CC1CCCC1)c1nccc(-n2cccc2)c1CN(Cc1cc(C(F)(F)F)cc(C(F)(F)F)c1)c1nnn(C)n1. The van der Waals surface area contributed by atoms with Crippen molar-refractivity contribution in [3.8, 4) is 5.69 Å². The van der Waals surface area contributed by atoms with Crippen LogP contribution >= 0.6 is 0 Å². The van der Waals surface area contributed by atoms with Crippen molar-refractivity contribution in [1.82, 2.24) is 29.8 Å². The lowest BCUT2D eigenvalue weighted by atomic mass is 10.0. The van der Waals surface area contributed by atoms with Gasteiger partial charge >= 0.3 is 12.4 Å². The highest BCUT2D eigenvalue weighted by Crippen LogP contribution is 2.37. The molecule has 43 heavy (non-hydrogen) atoms. The van der Waals surface area contributed by atoms with Crippen molar-refractivity contribution < 1.29 is 26.3 Å². The summed E-state index contributed by atoms with van der Waals surface area (Å²) in [4.78, 5) is 9.64. The van der Waals surface area contributed by atoms with Gasteiger partial charge in [-0.15, -0.1) is 5.10 Å². The maximum Gasteiger partial charge on any atom is 0.416 e. The van der Waals surface area contributed by atoms with Crippen LogP contribution in [-0.4, -0.2) is 42.8 Å². The Labute approximate surface area is 244 Å². The number of hydrogen-bond donors (Lipinski definition) is 0. The van der Waals surface area contributed by atoms with Crippen molar-refractivity contribution >= 4 is 11.8 Å². The molecule has 0 spiro atoms. The third kappa shape index (κ3) is 7.11. The summed E-state index contributed by atoms with van der Waals surface area (Å²) in [6.07, 6.45) is 0.0953. The minimum absolute atomic E-state index is 0.0428. The molecule has 4 aromatic rings. The quantitative estimate of drug-likeness (QED) is 0.188. The molecule has 0 atom stereocenters. The lowest BCUT2D eigenvalue weighted by Crippen LogP contribution is -2.32. The molecule has 3 aromatic heterocycles. The number of alkyl halides is 6. The Balaban J connectivity index is 1.60. The molecule has 0 N–H and O–H groups in total. The van der Waals surface area contributed by atoms with E-state index in [1.807, 2.05) is 42.1 Å². The third-order valence-electron chi connectivity index (χ3n) is 7.68. The zero-order valence-electron chi connectivity index (χ0n) is 23.8. The van der Waals surface area contributed by atoms with Crippen molar-refractivity contribution in [1.29, 1.82) is 0 Å². The van der Waals surface area contributed by atoms with Gasteiger partial charge in [-0.05, 0) is 72.9 Å². The predicted molar refractivity (Wildman–Crippen MR) is 149 cm³/mol. The molecule has 0 aliphatic heterocycles. The molecule has 1 aromatic carbocycles. The molecule has 1 aliphatic rings. The largest absolute Gasteiger partial charge is 0.416 e. The number of anilines is 2. The van der Waals surface area contributed by atoms with Crippen LogP contribution in [0.5, 0.6) is 0 Å². The fourth-order valence-electron chi connectivity index (χ4n) is 5.62. The first-order valence-electron chi connectivity index (χ1n) is 14.1. The number of aromatic nitrogens is 6. The second-order valence-electron chi connectivity index (χ2n) is 10.8. The van der Waals surface area contributed by atoms with E-state index in [-0.39, 0.29) is 30.7 Å². The number of hydrogen-bond acceptors (Lipinski definition) is 6. The number of halogens is 6.